The summed E-state index contributed by atoms with van der Waals surface area (Å²) in [7, 11) is -1.28. The van der Waals surface area contributed by atoms with Gasteiger partial charge in [-0.25, -0.2) is 0 Å². The molecule has 1 N–H and O–H groups in total. The third-order valence-electron chi connectivity index (χ3n) is 2.02. The van der Waals surface area contributed by atoms with Gasteiger partial charge in [0, 0.05) is 28.8 Å². The second-order valence-corrected chi connectivity index (χ2v) is 5.09. The molecular formula is C11H16FNO3S. The molecule has 0 saturated heterocycles. The molecule has 0 saturated carbocycles. The molecule has 1 rings (SSSR count). The van der Waals surface area contributed by atoms with Crippen molar-refractivity contribution in [2.45, 2.75) is 19.1 Å². The highest BCUT2D eigenvalue weighted by molar-refractivity contribution is 7.84. The number of alkyl halides is 1. The Balaban J connectivity index is 2.68. The fourth-order valence-corrected chi connectivity index (χ4v) is 2.07. The highest BCUT2D eigenvalue weighted by atomic mass is 32.2. The number of pyridine rings is 1. The molecule has 0 amide bonds. The minimum atomic E-state index is -1.28. The number of aromatic amines is 1. The number of H-pyrrole nitrogens is 1. The van der Waals surface area contributed by atoms with Gasteiger partial charge in [0.15, 0.2) is 5.75 Å². The van der Waals surface area contributed by atoms with Crippen LogP contribution in [0, 0.1) is 0 Å². The molecule has 1 heterocycles. The standard InChI is InChI=1S/C11H16FNO3S/c1-2-4-16-11-7-13-9(6-10(11)14)8-17(15)5-3-12/h6-7H,2-5,8H2,1H3,(H,13,14). The van der Waals surface area contributed by atoms with Crippen molar-refractivity contribution in [2.24, 2.45) is 0 Å². The summed E-state index contributed by atoms with van der Waals surface area (Å²) in [5.74, 6) is 0.412. The van der Waals surface area contributed by atoms with E-state index in [4.69, 9.17) is 4.74 Å². The van der Waals surface area contributed by atoms with E-state index in [1.54, 1.807) is 0 Å². The fraction of sp³-hybridized carbons (Fsp3) is 0.545. The summed E-state index contributed by atoms with van der Waals surface area (Å²) in [6.07, 6.45) is 2.28. The van der Waals surface area contributed by atoms with Crippen LogP contribution in [-0.2, 0) is 16.6 Å². The number of aromatic nitrogens is 1. The maximum atomic E-state index is 11.9. The molecule has 1 atom stereocenters. The first-order valence-corrected chi connectivity index (χ1v) is 6.91. The zero-order chi connectivity index (χ0) is 12.7. The van der Waals surface area contributed by atoms with E-state index in [-0.39, 0.29) is 22.7 Å². The first-order valence-electron chi connectivity index (χ1n) is 5.42. The Labute approximate surface area is 102 Å². The summed E-state index contributed by atoms with van der Waals surface area (Å²) >= 11 is 0. The summed E-state index contributed by atoms with van der Waals surface area (Å²) in [6, 6.07) is 1.35. The van der Waals surface area contributed by atoms with Crippen molar-refractivity contribution in [1.82, 2.24) is 4.98 Å². The van der Waals surface area contributed by atoms with Gasteiger partial charge in [0.25, 0.3) is 0 Å². The van der Waals surface area contributed by atoms with Crippen LogP contribution >= 0.6 is 0 Å². The fourth-order valence-electron chi connectivity index (χ4n) is 1.24. The lowest BCUT2D eigenvalue weighted by Crippen LogP contribution is -2.12. The molecule has 0 radical (unpaired) electrons. The SMILES string of the molecule is CCCOc1c[nH]c(CS(=O)CCF)cc1=O. The summed E-state index contributed by atoms with van der Waals surface area (Å²) in [5, 5.41) is 0. The highest BCUT2D eigenvalue weighted by Gasteiger charge is 2.05. The van der Waals surface area contributed by atoms with Crippen LogP contribution in [0.4, 0.5) is 4.39 Å². The van der Waals surface area contributed by atoms with E-state index in [0.29, 0.717) is 12.3 Å². The van der Waals surface area contributed by atoms with E-state index >= 15 is 0 Å². The van der Waals surface area contributed by atoms with Crippen molar-refractivity contribution < 1.29 is 13.3 Å². The van der Waals surface area contributed by atoms with Crippen LogP contribution in [-0.4, -0.2) is 28.2 Å². The molecule has 1 aromatic rings. The molecule has 0 fully saturated rings. The van der Waals surface area contributed by atoms with E-state index in [1.165, 1.54) is 12.3 Å². The van der Waals surface area contributed by atoms with Crippen LogP contribution in [0.25, 0.3) is 0 Å². The van der Waals surface area contributed by atoms with Gasteiger partial charge in [-0.2, -0.15) is 0 Å². The Kier molecular flexibility index (Phi) is 5.90. The molecule has 17 heavy (non-hydrogen) atoms. The first kappa shape index (κ1) is 13.9. The second-order valence-electron chi connectivity index (χ2n) is 3.51. The number of rotatable bonds is 7. The van der Waals surface area contributed by atoms with Crippen LogP contribution in [0.3, 0.4) is 0 Å². The van der Waals surface area contributed by atoms with Gasteiger partial charge in [0.05, 0.1) is 18.1 Å². The van der Waals surface area contributed by atoms with Gasteiger partial charge in [0.1, 0.15) is 6.67 Å². The van der Waals surface area contributed by atoms with Gasteiger partial charge in [-0.05, 0) is 6.42 Å². The molecule has 0 spiro atoms. The molecule has 1 unspecified atom stereocenters. The largest absolute Gasteiger partial charge is 0.488 e. The maximum Gasteiger partial charge on any atom is 0.223 e. The summed E-state index contributed by atoms with van der Waals surface area (Å²) in [4.78, 5) is 14.4. The van der Waals surface area contributed by atoms with E-state index in [1.807, 2.05) is 6.92 Å². The molecule has 0 aliphatic carbocycles. The number of halogens is 1. The second kappa shape index (κ2) is 7.21. The van der Waals surface area contributed by atoms with Crippen LogP contribution in [0.5, 0.6) is 5.75 Å². The lowest BCUT2D eigenvalue weighted by molar-refractivity contribution is 0.313. The molecule has 96 valence electrons. The maximum absolute atomic E-state index is 11.9. The molecule has 0 aliphatic heterocycles. The van der Waals surface area contributed by atoms with Crippen molar-refractivity contribution in [1.29, 1.82) is 0 Å². The Bertz CT molecular complexity index is 433. The average Bonchev–Trinajstić information content (AvgIpc) is 2.28. The zero-order valence-corrected chi connectivity index (χ0v) is 10.5. The Morgan fingerprint density at radius 2 is 2.29 bits per heavy atom. The molecule has 6 heteroatoms. The van der Waals surface area contributed by atoms with Gasteiger partial charge in [0.2, 0.25) is 5.43 Å². The number of hydrogen-bond acceptors (Lipinski definition) is 3. The first-order chi connectivity index (χ1) is 8.17. The van der Waals surface area contributed by atoms with Gasteiger partial charge in [-0.3, -0.25) is 13.4 Å². The minimum Gasteiger partial charge on any atom is -0.488 e. The normalized spacial score (nSPS) is 12.4. The predicted molar refractivity (Wildman–Crippen MR) is 65.5 cm³/mol. The molecule has 0 aliphatic rings. The lowest BCUT2D eigenvalue weighted by atomic mass is 10.3. The predicted octanol–water partition coefficient (Wildman–Crippen LogP) is 1.38. The third-order valence-corrected chi connectivity index (χ3v) is 3.26. The number of hydrogen-bond donors (Lipinski definition) is 1. The van der Waals surface area contributed by atoms with Crippen molar-refractivity contribution in [3.05, 3.63) is 28.2 Å². The van der Waals surface area contributed by atoms with E-state index in [9.17, 15) is 13.4 Å². The summed E-state index contributed by atoms with van der Waals surface area (Å²) < 4.78 is 28.5. The molecule has 0 aromatic carbocycles. The molecule has 1 aromatic heterocycles. The monoisotopic (exact) mass is 261 g/mol. The van der Waals surface area contributed by atoms with E-state index in [0.717, 1.165) is 6.42 Å². The smallest absolute Gasteiger partial charge is 0.223 e. The Morgan fingerprint density at radius 3 is 2.88 bits per heavy atom. The highest BCUT2D eigenvalue weighted by Crippen LogP contribution is 2.04. The average molecular weight is 261 g/mol. The van der Waals surface area contributed by atoms with Gasteiger partial charge in [-0.1, -0.05) is 6.92 Å². The lowest BCUT2D eigenvalue weighted by Gasteiger charge is -2.05. The van der Waals surface area contributed by atoms with Crippen molar-refractivity contribution in [3.8, 4) is 5.75 Å². The van der Waals surface area contributed by atoms with Crippen LogP contribution in [0.15, 0.2) is 17.1 Å². The quantitative estimate of drug-likeness (QED) is 0.806. The number of ether oxygens (including phenoxy) is 1. The van der Waals surface area contributed by atoms with E-state index in [2.05, 4.69) is 4.98 Å². The van der Waals surface area contributed by atoms with Gasteiger partial charge >= 0.3 is 0 Å². The molecule has 0 bridgehead atoms. The summed E-state index contributed by atoms with van der Waals surface area (Å²) in [5.41, 5.74) is 0.287. The van der Waals surface area contributed by atoms with Crippen LogP contribution in [0.1, 0.15) is 19.0 Å². The number of nitrogens with one attached hydrogen (secondary N) is 1. The Hall–Kier alpha value is -1.17. The minimum absolute atomic E-state index is 0.00385. The van der Waals surface area contributed by atoms with Crippen molar-refractivity contribution >= 4 is 10.8 Å². The Morgan fingerprint density at radius 1 is 1.53 bits per heavy atom. The van der Waals surface area contributed by atoms with Crippen LogP contribution < -0.4 is 10.2 Å². The zero-order valence-electron chi connectivity index (χ0n) is 9.70. The van der Waals surface area contributed by atoms with E-state index < -0.39 is 17.5 Å². The summed E-state index contributed by atoms with van der Waals surface area (Å²) in [6.45, 7) is 1.81. The molecule has 4 nitrogen and oxygen atoms in total. The molecular weight excluding hydrogens is 245 g/mol. The van der Waals surface area contributed by atoms with Gasteiger partial charge < -0.3 is 9.72 Å². The van der Waals surface area contributed by atoms with Crippen LogP contribution in [0.2, 0.25) is 0 Å². The van der Waals surface area contributed by atoms with Crippen molar-refractivity contribution in [2.75, 3.05) is 19.0 Å². The topological polar surface area (TPSA) is 59.2 Å². The van der Waals surface area contributed by atoms with Gasteiger partial charge in [-0.15, -0.1) is 0 Å². The third kappa shape index (κ3) is 4.68. The van der Waals surface area contributed by atoms with Crippen molar-refractivity contribution in [3.63, 3.8) is 0 Å².